The minimum atomic E-state index is -0.192. The predicted molar refractivity (Wildman–Crippen MR) is 71.4 cm³/mol. The van der Waals surface area contributed by atoms with E-state index < -0.39 is 0 Å². The molecular weight excluding hydrogens is 231 g/mol. The molecule has 1 aliphatic rings. The van der Waals surface area contributed by atoms with Crippen LogP contribution in [0.1, 0.15) is 19.4 Å². The fourth-order valence-electron chi connectivity index (χ4n) is 2.52. The summed E-state index contributed by atoms with van der Waals surface area (Å²) in [5, 5.41) is 0. The highest BCUT2D eigenvalue weighted by molar-refractivity contribution is 5.49. The molecule has 0 aliphatic carbocycles. The van der Waals surface area contributed by atoms with E-state index in [9.17, 15) is 4.39 Å². The fourth-order valence-corrected chi connectivity index (χ4v) is 2.52. The molecule has 0 amide bonds. The lowest BCUT2D eigenvalue weighted by molar-refractivity contribution is -0.00523. The highest BCUT2D eigenvalue weighted by atomic mass is 19.1. The first-order valence-corrected chi connectivity index (χ1v) is 6.48. The summed E-state index contributed by atoms with van der Waals surface area (Å²) in [6.07, 6.45) is 1.06. The van der Waals surface area contributed by atoms with Crippen LogP contribution in [0.15, 0.2) is 18.2 Å². The molecule has 2 atom stereocenters. The van der Waals surface area contributed by atoms with Gasteiger partial charge in [-0.15, -0.1) is 0 Å². The van der Waals surface area contributed by atoms with E-state index in [4.69, 9.17) is 10.5 Å². The summed E-state index contributed by atoms with van der Waals surface area (Å²) in [5.41, 5.74) is 7.42. The second-order valence-electron chi connectivity index (χ2n) is 5.02. The molecule has 3 nitrogen and oxygen atoms in total. The molecule has 1 saturated heterocycles. The number of ether oxygens (including phenoxy) is 1. The highest BCUT2D eigenvalue weighted by Crippen LogP contribution is 2.23. The quantitative estimate of drug-likeness (QED) is 0.893. The fraction of sp³-hybridized carbons (Fsp3) is 0.571. The second-order valence-corrected chi connectivity index (χ2v) is 5.02. The van der Waals surface area contributed by atoms with Gasteiger partial charge in [0.1, 0.15) is 5.82 Å². The van der Waals surface area contributed by atoms with Gasteiger partial charge >= 0.3 is 0 Å². The molecule has 18 heavy (non-hydrogen) atoms. The molecule has 0 saturated carbocycles. The van der Waals surface area contributed by atoms with Crippen molar-refractivity contribution in [1.29, 1.82) is 0 Å². The van der Waals surface area contributed by atoms with Crippen LogP contribution in [-0.2, 0) is 11.2 Å². The van der Waals surface area contributed by atoms with Crippen molar-refractivity contribution in [3.8, 4) is 0 Å². The number of benzene rings is 1. The van der Waals surface area contributed by atoms with Gasteiger partial charge in [-0.05, 0) is 50.6 Å². The Labute approximate surface area is 108 Å². The van der Waals surface area contributed by atoms with Crippen molar-refractivity contribution in [1.82, 2.24) is 0 Å². The zero-order valence-electron chi connectivity index (χ0n) is 11.0. The van der Waals surface area contributed by atoms with Crippen molar-refractivity contribution in [3.05, 3.63) is 29.6 Å². The molecular formula is C14H21FN2O. The standard InChI is InChI=1S/C14H21FN2O/c1-10-8-17(9-11(2)18-10)14-6-12(3-4-16)5-13(15)7-14/h5-7,10-11H,3-4,8-9,16H2,1-2H3/t10-,11+. The van der Waals surface area contributed by atoms with Crippen molar-refractivity contribution in [2.24, 2.45) is 5.73 Å². The molecule has 0 bridgehead atoms. The first kappa shape index (κ1) is 13.3. The van der Waals surface area contributed by atoms with Gasteiger partial charge in [-0.2, -0.15) is 0 Å². The topological polar surface area (TPSA) is 38.5 Å². The van der Waals surface area contributed by atoms with E-state index in [1.165, 1.54) is 0 Å². The number of hydrogen-bond acceptors (Lipinski definition) is 3. The van der Waals surface area contributed by atoms with Crippen molar-refractivity contribution < 1.29 is 9.13 Å². The molecule has 0 unspecified atom stereocenters. The zero-order valence-corrected chi connectivity index (χ0v) is 11.0. The van der Waals surface area contributed by atoms with Gasteiger partial charge in [0, 0.05) is 18.8 Å². The summed E-state index contributed by atoms with van der Waals surface area (Å²) < 4.78 is 19.3. The lowest BCUT2D eigenvalue weighted by Crippen LogP contribution is -2.45. The summed E-state index contributed by atoms with van der Waals surface area (Å²) >= 11 is 0. The predicted octanol–water partition coefficient (Wildman–Crippen LogP) is 1.94. The van der Waals surface area contributed by atoms with Crippen LogP contribution in [0.4, 0.5) is 10.1 Å². The van der Waals surface area contributed by atoms with Gasteiger partial charge in [0.15, 0.2) is 0 Å². The van der Waals surface area contributed by atoms with E-state index in [1.54, 1.807) is 12.1 Å². The molecule has 0 aromatic heterocycles. The first-order chi connectivity index (χ1) is 8.58. The van der Waals surface area contributed by atoms with Gasteiger partial charge in [-0.1, -0.05) is 0 Å². The van der Waals surface area contributed by atoms with E-state index >= 15 is 0 Å². The molecule has 1 aromatic carbocycles. The Hall–Kier alpha value is -1.13. The smallest absolute Gasteiger partial charge is 0.125 e. The number of halogens is 1. The molecule has 0 spiro atoms. The first-order valence-electron chi connectivity index (χ1n) is 6.48. The maximum atomic E-state index is 13.6. The maximum absolute atomic E-state index is 13.6. The van der Waals surface area contributed by atoms with E-state index in [1.807, 2.05) is 19.9 Å². The van der Waals surface area contributed by atoms with Gasteiger partial charge < -0.3 is 15.4 Å². The number of nitrogens with two attached hydrogens (primary N) is 1. The Kier molecular flexibility index (Phi) is 4.19. The lowest BCUT2D eigenvalue weighted by atomic mass is 10.1. The molecule has 4 heteroatoms. The second kappa shape index (κ2) is 5.67. The van der Waals surface area contributed by atoms with Crippen LogP contribution in [0, 0.1) is 5.82 Å². The summed E-state index contributed by atoms with van der Waals surface area (Å²) in [4.78, 5) is 2.18. The maximum Gasteiger partial charge on any atom is 0.125 e. The lowest BCUT2D eigenvalue weighted by Gasteiger charge is -2.37. The Balaban J connectivity index is 2.21. The van der Waals surface area contributed by atoms with Crippen LogP contribution >= 0.6 is 0 Å². The average Bonchev–Trinajstić information content (AvgIpc) is 2.27. The SMILES string of the molecule is C[C@@H]1CN(c2cc(F)cc(CCN)c2)C[C@H](C)O1. The molecule has 2 N–H and O–H groups in total. The molecule has 1 fully saturated rings. The van der Waals surface area contributed by atoms with E-state index in [-0.39, 0.29) is 18.0 Å². The van der Waals surface area contributed by atoms with E-state index in [2.05, 4.69) is 4.90 Å². The van der Waals surface area contributed by atoms with Crippen molar-refractivity contribution in [3.63, 3.8) is 0 Å². The minimum absolute atomic E-state index is 0.176. The van der Waals surface area contributed by atoms with Crippen LogP contribution in [0.25, 0.3) is 0 Å². The Morgan fingerprint density at radius 2 is 1.94 bits per heavy atom. The summed E-state index contributed by atoms with van der Waals surface area (Å²) in [6.45, 7) is 6.23. The Bertz CT molecular complexity index is 401. The average molecular weight is 252 g/mol. The van der Waals surface area contributed by atoms with Gasteiger partial charge in [0.2, 0.25) is 0 Å². The third kappa shape index (κ3) is 3.21. The van der Waals surface area contributed by atoms with Crippen molar-refractivity contribution in [2.45, 2.75) is 32.5 Å². The van der Waals surface area contributed by atoms with Crippen LogP contribution in [0.2, 0.25) is 0 Å². The highest BCUT2D eigenvalue weighted by Gasteiger charge is 2.22. The number of anilines is 1. The summed E-state index contributed by atoms with van der Waals surface area (Å²) in [7, 11) is 0. The van der Waals surface area contributed by atoms with Crippen molar-refractivity contribution >= 4 is 5.69 Å². The monoisotopic (exact) mass is 252 g/mol. The minimum Gasteiger partial charge on any atom is -0.372 e. The zero-order chi connectivity index (χ0) is 13.1. The number of morpholine rings is 1. The van der Waals surface area contributed by atoms with Gasteiger partial charge in [0.05, 0.1) is 12.2 Å². The number of rotatable bonds is 3. The van der Waals surface area contributed by atoms with Gasteiger partial charge in [0.25, 0.3) is 0 Å². The molecule has 1 heterocycles. The molecule has 100 valence electrons. The third-order valence-corrected chi connectivity index (χ3v) is 3.16. The van der Waals surface area contributed by atoms with Crippen LogP contribution in [0.5, 0.6) is 0 Å². The van der Waals surface area contributed by atoms with Gasteiger partial charge in [-0.3, -0.25) is 0 Å². The normalized spacial score (nSPS) is 24.3. The number of hydrogen-bond donors (Lipinski definition) is 1. The molecule has 1 aliphatic heterocycles. The van der Waals surface area contributed by atoms with Crippen LogP contribution < -0.4 is 10.6 Å². The van der Waals surface area contributed by atoms with E-state index in [0.717, 1.165) is 24.3 Å². The van der Waals surface area contributed by atoms with Crippen LogP contribution in [-0.4, -0.2) is 31.8 Å². The summed E-state index contributed by atoms with van der Waals surface area (Å²) in [6, 6.07) is 5.18. The summed E-state index contributed by atoms with van der Waals surface area (Å²) in [5.74, 6) is -0.192. The van der Waals surface area contributed by atoms with Crippen molar-refractivity contribution in [2.75, 3.05) is 24.5 Å². The molecule has 1 aromatic rings. The molecule has 0 radical (unpaired) electrons. The third-order valence-electron chi connectivity index (χ3n) is 3.16. The number of nitrogens with zero attached hydrogens (tertiary/aromatic N) is 1. The largest absolute Gasteiger partial charge is 0.372 e. The Morgan fingerprint density at radius 3 is 2.56 bits per heavy atom. The van der Waals surface area contributed by atoms with Gasteiger partial charge in [-0.25, -0.2) is 4.39 Å². The Morgan fingerprint density at radius 1 is 1.28 bits per heavy atom. The van der Waals surface area contributed by atoms with Crippen LogP contribution in [0.3, 0.4) is 0 Å². The van der Waals surface area contributed by atoms with E-state index in [0.29, 0.717) is 13.0 Å². The molecule has 2 rings (SSSR count).